The number of benzene rings is 2. The maximum absolute atomic E-state index is 13.2. The molecule has 1 fully saturated rings. The summed E-state index contributed by atoms with van der Waals surface area (Å²) in [6.45, 7) is 1.58. The number of halogens is 6. The Morgan fingerprint density at radius 1 is 0.968 bits per heavy atom. The number of alkyl halides is 6. The Morgan fingerprint density at radius 2 is 1.55 bits per heavy atom. The van der Waals surface area contributed by atoms with Crippen molar-refractivity contribution in [3.05, 3.63) is 70.8 Å². The molecule has 0 unspecified atom stereocenters. The van der Waals surface area contributed by atoms with E-state index in [9.17, 15) is 31.1 Å². The van der Waals surface area contributed by atoms with Crippen LogP contribution in [0.15, 0.2) is 48.5 Å². The number of carbonyl (C=O) groups excluding carboxylic acids is 1. The molecule has 0 radical (unpaired) electrons. The first-order valence-electron chi connectivity index (χ1n) is 9.53. The second kappa shape index (κ2) is 9.00. The summed E-state index contributed by atoms with van der Waals surface area (Å²) in [6, 6.07) is 10.3. The highest BCUT2D eigenvalue weighted by Gasteiger charge is 2.39. The quantitative estimate of drug-likeness (QED) is 0.430. The highest BCUT2D eigenvalue weighted by Crippen LogP contribution is 2.40. The van der Waals surface area contributed by atoms with Crippen LogP contribution in [0.1, 0.15) is 41.2 Å². The fraction of sp³-hybridized carbons (Fsp3) is 0.409. The molecule has 2 aromatic rings. The van der Waals surface area contributed by atoms with Gasteiger partial charge in [-0.1, -0.05) is 30.3 Å². The largest absolute Gasteiger partial charge is 0.416 e. The van der Waals surface area contributed by atoms with Gasteiger partial charge in [0.05, 0.1) is 36.5 Å². The molecule has 0 aromatic heterocycles. The van der Waals surface area contributed by atoms with Crippen molar-refractivity contribution in [2.45, 2.75) is 37.4 Å². The second-order valence-electron chi connectivity index (χ2n) is 7.43. The standard InChI is InChI=1S/C22H20F6O3/c1-13(15-7-17(21(23,24)25)9-18(8-15)22(26,27)28)31-19-12-30-11-16(10-29)20(19)14-5-3-2-4-6-14/h2-10,13,16,19-20H,11-12H2,1H3/t13-,16+,19+,20-/m1/s1. The normalized spacial score (nSPS) is 23.4. The lowest BCUT2D eigenvalue weighted by atomic mass is 9.81. The predicted octanol–water partition coefficient (Wildman–Crippen LogP) is 5.80. The van der Waals surface area contributed by atoms with E-state index < -0.39 is 47.5 Å². The summed E-state index contributed by atoms with van der Waals surface area (Å²) in [4.78, 5) is 11.6. The zero-order valence-electron chi connectivity index (χ0n) is 16.4. The third-order valence-corrected chi connectivity index (χ3v) is 5.27. The average Bonchev–Trinajstić information content (AvgIpc) is 2.72. The van der Waals surface area contributed by atoms with Gasteiger partial charge in [0.15, 0.2) is 0 Å². The number of rotatable bonds is 5. The Bertz CT molecular complexity index is 862. The number of carbonyl (C=O) groups is 1. The molecule has 0 bridgehead atoms. The second-order valence-corrected chi connectivity index (χ2v) is 7.43. The van der Waals surface area contributed by atoms with E-state index in [2.05, 4.69) is 0 Å². The highest BCUT2D eigenvalue weighted by atomic mass is 19.4. The van der Waals surface area contributed by atoms with Gasteiger partial charge in [0.25, 0.3) is 0 Å². The Balaban J connectivity index is 1.93. The molecule has 1 aliphatic rings. The van der Waals surface area contributed by atoms with Gasteiger partial charge in [-0.25, -0.2) is 0 Å². The van der Waals surface area contributed by atoms with Gasteiger partial charge in [-0.15, -0.1) is 0 Å². The molecule has 3 rings (SSSR count). The zero-order valence-corrected chi connectivity index (χ0v) is 16.4. The molecule has 0 saturated carbocycles. The molecule has 9 heteroatoms. The van der Waals surface area contributed by atoms with Gasteiger partial charge in [-0.2, -0.15) is 26.3 Å². The van der Waals surface area contributed by atoms with Gasteiger partial charge in [0.2, 0.25) is 0 Å². The SMILES string of the molecule is C[C@@H](O[C@H]1COC[C@H](C=O)[C@H]1c1ccccc1)c1cc(C(F)(F)F)cc(C(F)(F)F)c1. The summed E-state index contributed by atoms with van der Waals surface area (Å²) in [5.74, 6) is -0.997. The summed E-state index contributed by atoms with van der Waals surface area (Å²) in [6.07, 6.45) is -11.0. The molecular weight excluding hydrogens is 426 g/mol. The number of ether oxygens (including phenoxy) is 2. The molecule has 2 aromatic carbocycles. The molecule has 3 nitrogen and oxygen atoms in total. The smallest absolute Gasteiger partial charge is 0.378 e. The minimum Gasteiger partial charge on any atom is -0.378 e. The van der Waals surface area contributed by atoms with Crippen molar-refractivity contribution >= 4 is 6.29 Å². The van der Waals surface area contributed by atoms with Crippen LogP contribution >= 0.6 is 0 Å². The first kappa shape index (κ1) is 23.3. The summed E-state index contributed by atoms with van der Waals surface area (Å²) >= 11 is 0. The van der Waals surface area contributed by atoms with E-state index in [1.807, 2.05) is 0 Å². The predicted molar refractivity (Wildman–Crippen MR) is 99.3 cm³/mol. The van der Waals surface area contributed by atoms with Crippen molar-refractivity contribution in [2.75, 3.05) is 13.2 Å². The van der Waals surface area contributed by atoms with Crippen LogP contribution in [-0.2, 0) is 26.6 Å². The lowest BCUT2D eigenvalue weighted by Crippen LogP contribution is -2.40. The third kappa shape index (κ3) is 5.46. The molecule has 1 heterocycles. The van der Waals surface area contributed by atoms with Crippen molar-refractivity contribution in [2.24, 2.45) is 5.92 Å². The van der Waals surface area contributed by atoms with E-state index >= 15 is 0 Å². The van der Waals surface area contributed by atoms with Gasteiger partial charge < -0.3 is 14.3 Å². The molecule has 1 aliphatic heterocycles. The van der Waals surface area contributed by atoms with E-state index in [1.165, 1.54) is 6.92 Å². The Labute approximate surface area is 175 Å². The summed E-state index contributed by atoms with van der Waals surface area (Å²) in [5, 5.41) is 0. The summed E-state index contributed by atoms with van der Waals surface area (Å²) in [7, 11) is 0. The first-order valence-corrected chi connectivity index (χ1v) is 9.53. The minimum atomic E-state index is -4.95. The zero-order chi connectivity index (χ0) is 22.8. The third-order valence-electron chi connectivity index (χ3n) is 5.27. The Morgan fingerprint density at radius 3 is 2.06 bits per heavy atom. The van der Waals surface area contributed by atoms with Crippen molar-refractivity contribution in [1.82, 2.24) is 0 Å². The van der Waals surface area contributed by atoms with Crippen LogP contribution in [0.2, 0.25) is 0 Å². The van der Waals surface area contributed by atoms with Gasteiger partial charge >= 0.3 is 12.4 Å². The van der Waals surface area contributed by atoms with Crippen molar-refractivity contribution < 1.29 is 40.6 Å². The van der Waals surface area contributed by atoms with Gasteiger partial charge in [0.1, 0.15) is 6.29 Å². The molecule has 0 aliphatic carbocycles. The average molecular weight is 446 g/mol. The van der Waals surface area contributed by atoms with Gasteiger partial charge in [0, 0.05) is 11.8 Å². The van der Waals surface area contributed by atoms with E-state index in [0.717, 1.165) is 11.8 Å². The molecule has 168 valence electrons. The van der Waals surface area contributed by atoms with Crippen LogP contribution in [0, 0.1) is 5.92 Å². The van der Waals surface area contributed by atoms with E-state index in [4.69, 9.17) is 9.47 Å². The fourth-order valence-corrected chi connectivity index (χ4v) is 3.74. The van der Waals surface area contributed by atoms with Crippen LogP contribution in [0.4, 0.5) is 26.3 Å². The molecule has 31 heavy (non-hydrogen) atoms. The van der Waals surface area contributed by atoms with Gasteiger partial charge in [-0.05, 0) is 36.2 Å². The lowest BCUT2D eigenvalue weighted by Gasteiger charge is -2.37. The first-order chi connectivity index (χ1) is 14.5. The van der Waals surface area contributed by atoms with E-state index in [1.54, 1.807) is 30.3 Å². The number of hydrogen-bond acceptors (Lipinski definition) is 3. The summed E-state index contributed by atoms with van der Waals surface area (Å²) < 4.78 is 90.3. The van der Waals surface area contributed by atoms with Crippen LogP contribution in [0.25, 0.3) is 0 Å². The highest BCUT2D eigenvalue weighted by molar-refractivity contribution is 5.57. The molecule has 0 amide bonds. The fourth-order valence-electron chi connectivity index (χ4n) is 3.74. The van der Waals surface area contributed by atoms with E-state index in [-0.39, 0.29) is 24.8 Å². The van der Waals surface area contributed by atoms with Crippen molar-refractivity contribution in [1.29, 1.82) is 0 Å². The van der Waals surface area contributed by atoms with E-state index in [0.29, 0.717) is 12.1 Å². The monoisotopic (exact) mass is 446 g/mol. The van der Waals surface area contributed by atoms with Crippen LogP contribution in [-0.4, -0.2) is 25.6 Å². The Kier molecular flexibility index (Phi) is 6.76. The van der Waals surface area contributed by atoms with Crippen LogP contribution in [0.3, 0.4) is 0 Å². The van der Waals surface area contributed by atoms with Gasteiger partial charge in [-0.3, -0.25) is 0 Å². The van der Waals surface area contributed by atoms with Crippen LogP contribution < -0.4 is 0 Å². The maximum Gasteiger partial charge on any atom is 0.416 e. The Hall–Kier alpha value is -2.39. The maximum atomic E-state index is 13.2. The number of aldehydes is 1. The van der Waals surface area contributed by atoms with Crippen molar-refractivity contribution in [3.8, 4) is 0 Å². The molecule has 1 saturated heterocycles. The topological polar surface area (TPSA) is 35.5 Å². The lowest BCUT2D eigenvalue weighted by molar-refractivity contribution is -0.144. The molecular formula is C22H20F6O3. The minimum absolute atomic E-state index is 0.0549. The molecule has 4 atom stereocenters. The molecule has 0 N–H and O–H groups in total. The van der Waals surface area contributed by atoms with Crippen molar-refractivity contribution in [3.63, 3.8) is 0 Å². The number of hydrogen-bond donors (Lipinski definition) is 0. The van der Waals surface area contributed by atoms with Crippen LogP contribution in [0.5, 0.6) is 0 Å². The molecule has 0 spiro atoms. The summed E-state index contributed by atoms with van der Waals surface area (Å²) in [5.41, 5.74) is -2.29.